The Labute approximate surface area is 181 Å². The first kappa shape index (κ1) is 25.1. The van der Waals surface area contributed by atoms with Gasteiger partial charge in [-0.3, -0.25) is 0 Å². The summed E-state index contributed by atoms with van der Waals surface area (Å²) < 4.78 is 43.6. The third kappa shape index (κ3) is 8.87. The van der Waals surface area contributed by atoms with Crippen molar-refractivity contribution in [2.75, 3.05) is 6.61 Å². The van der Waals surface area contributed by atoms with Crippen LogP contribution in [-0.4, -0.2) is 34.8 Å². The summed E-state index contributed by atoms with van der Waals surface area (Å²) in [5, 5.41) is 20.4. The van der Waals surface area contributed by atoms with Crippen LogP contribution in [0.3, 0.4) is 0 Å². The Hall–Kier alpha value is -2.12. The van der Waals surface area contributed by atoms with E-state index in [2.05, 4.69) is 0 Å². The van der Waals surface area contributed by atoms with Crippen molar-refractivity contribution in [3.8, 4) is 5.75 Å². The molecule has 1 aromatic rings. The van der Waals surface area contributed by atoms with Gasteiger partial charge in [0.05, 0.1) is 11.7 Å². The summed E-state index contributed by atoms with van der Waals surface area (Å²) in [6.07, 6.45) is 6.13. The van der Waals surface area contributed by atoms with Crippen molar-refractivity contribution >= 4 is 5.78 Å². The molecular formula is C24H31F3O4. The van der Waals surface area contributed by atoms with Crippen LogP contribution in [0.2, 0.25) is 0 Å². The number of hydrogen-bond acceptors (Lipinski definition) is 4. The predicted octanol–water partition coefficient (Wildman–Crippen LogP) is 5.09. The van der Waals surface area contributed by atoms with Gasteiger partial charge in [-0.05, 0) is 69.1 Å². The average molecular weight is 441 g/mol. The number of benzene rings is 1. The Bertz CT molecular complexity index is 757. The second-order valence-corrected chi connectivity index (χ2v) is 8.06. The smallest absolute Gasteiger partial charge is 0.416 e. The summed E-state index contributed by atoms with van der Waals surface area (Å²) in [7, 11) is 0. The highest BCUT2D eigenvalue weighted by Crippen LogP contribution is 2.36. The average Bonchev–Trinajstić information content (AvgIpc) is 3.06. The van der Waals surface area contributed by atoms with Crippen molar-refractivity contribution in [3.05, 3.63) is 54.1 Å². The molecule has 0 bridgehead atoms. The van der Waals surface area contributed by atoms with Crippen LogP contribution in [0.4, 0.5) is 13.2 Å². The highest BCUT2D eigenvalue weighted by atomic mass is 19.4. The Morgan fingerprint density at radius 2 is 2.06 bits per heavy atom. The van der Waals surface area contributed by atoms with Crippen LogP contribution in [0.5, 0.6) is 5.75 Å². The molecule has 1 aliphatic carbocycles. The molecule has 4 nitrogen and oxygen atoms in total. The number of rotatable bonds is 11. The van der Waals surface area contributed by atoms with Gasteiger partial charge in [0.25, 0.3) is 0 Å². The number of unbranched alkanes of at least 4 members (excludes halogenated alkanes) is 1. The number of Topliss-reactive ketones (excluding diaryl/α,β-unsaturated/α-hetero) is 1. The molecule has 31 heavy (non-hydrogen) atoms. The molecule has 0 aliphatic heterocycles. The fourth-order valence-electron chi connectivity index (χ4n) is 3.76. The van der Waals surface area contributed by atoms with Crippen molar-refractivity contribution < 1.29 is 32.9 Å². The number of carbonyl (C=O) groups excluding carboxylic acids is 1. The molecule has 1 unspecified atom stereocenters. The molecule has 1 fully saturated rings. The van der Waals surface area contributed by atoms with Gasteiger partial charge in [0.15, 0.2) is 0 Å². The minimum Gasteiger partial charge on any atom is -0.491 e. The zero-order chi connectivity index (χ0) is 22.9. The van der Waals surface area contributed by atoms with Gasteiger partial charge in [0.1, 0.15) is 24.2 Å². The van der Waals surface area contributed by atoms with Crippen molar-refractivity contribution in [1.82, 2.24) is 0 Å². The Kier molecular flexibility index (Phi) is 9.78. The SMILES string of the molecule is CC(=O)CCC/C=C\C[C@@H]1C(/C=C/[C@@H](O)COc2cccc(C(F)(F)F)c2)CC[C@@H]1O. The van der Waals surface area contributed by atoms with Crippen LogP contribution in [0, 0.1) is 11.8 Å². The van der Waals surface area contributed by atoms with Gasteiger partial charge in [0.2, 0.25) is 0 Å². The number of halogens is 3. The fraction of sp³-hybridized carbons (Fsp3) is 0.542. The third-order valence-electron chi connectivity index (χ3n) is 5.48. The number of alkyl halides is 3. The number of carbonyl (C=O) groups is 1. The van der Waals surface area contributed by atoms with Crippen LogP contribution in [0.25, 0.3) is 0 Å². The topological polar surface area (TPSA) is 66.8 Å². The molecule has 2 N–H and O–H groups in total. The van der Waals surface area contributed by atoms with Crippen LogP contribution in [0.1, 0.15) is 51.0 Å². The highest BCUT2D eigenvalue weighted by Gasteiger charge is 2.32. The first-order valence-corrected chi connectivity index (χ1v) is 10.7. The van der Waals surface area contributed by atoms with E-state index in [0.717, 1.165) is 31.4 Å². The van der Waals surface area contributed by atoms with E-state index >= 15 is 0 Å². The molecule has 0 amide bonds. The molecule has 1 aromatic carbocycles. The molecule has 1 saturated carbocycles. The van der Waals surface area contributed by atoms with E-state index in [-0.39, 0.29) is 30.0 Å². The summed E-state index contributed by atoms with van der Waals surface area (Å²) in [4.78, 5) is 10.9. The van der Waals surface area contributed by atoms with Crippen LogP contribution in [-0.2, 0) is 11.0 Å². The van der Waals surface area contributed by atoms with Gasteiger partial charge in [-0.2, -0.15) is 13.2 Å². The number of ether oxygens (including phenoxy) is 1. The maximum absolute atomic E-state index is 12.8. The maximum Gasteiger partial charge on any atom is 0.416 e. The second-order valence-electron chi connectivity index (χ2n) is 8.06. The zero-order valence-electron chi connectivity index (χ0n) is 17.7. The lowest BCUT2D eigenvalue weighted by molar-refractivity contribution is -0.137. The quantitative estimate of drug-likeness (QED) is 0.371. The number of aliphatic hydroxyl groups excluding tert-OH is 2. The van der Waals surface area contributed by atoms with E-state index in [9.17, 15) is 28.2 Å². The number of aliphatic hydroxyl groups is 2. The standard InChI is InChI=1S/C24H31F3O4/c1-17(28)7-4-2-3-5-10-22-18(12-14-23(22)30)11-13-20(29)16-31-21-9-6-8-19(15-21)24(25,26)27/h3,5-6,8-9,11,13,15,18,20,22-23,29-30H,2,4,7,10,12,14,16H2,1H3/b5-3-,13-11+/t18?,20-,22-,23+/m1/s1. The molecule has 0 spiro atoms. The van der Waals surface area contributed by atoms with Gasteiger partial charge < -0.3 is 19.7 Å². The van der Waals surface area contributed by atoms with E-state index in [1.807, 2.05) is 18.2 Å². The van der Waals surface area contributed by atoms with E-state index in [0.29, 0.717) is 19.3 Å². The maximum atomic E-state index is 12.8. The van der Waals surface area contributed by atoms with E-state index in [4.69, 9.17) is 4.74 Å². The Balaban J connectivity index is 1.81. The molecule has 2 rings (SSSR count). The minimum atomic E-state index is -4.45. The lowest BCUT2D eigenvalue weighted by Crippen LogP contribution is -2.19. The first-order chi connectivity index (χ1) is 14.7. The van der Waals surface area contributed by atoms with E-state index in [1.54, 1.807) is 13.0 Å². The highest BCUT2D eigenvalue weighted by molar-refractivity contribution is 5.75. The molecule has 7 heteroatoms. The molecular weight excluding hydrogens is 409 g/mol. The van der Waals surface area contributed by atoms with Crippen molar-refractivity contribution in [2.45, 2.75) is 63.8 Å². The van der Waals surface area contributed by atoms with Gasteiger partial charge in [-0.25, -0.2) is 0 Å². The van der Waals surface area contributed by atoms with E-state index in [1.165, 1.54) is 12.1 Å². The molecule has 4 atom stereocenters. The largest absolute Gasteiger partial charge is 0.491 e. The molecule has 0 aromatic heterocycles. The third-order valence-corrected chi connectivity index (χ3v) is 5.48. The Morgan fingerprint density at radius 3 is 2.77 bits per heavy atom. The van der Waals surface area contributed by atoms with Gasteiger partial charge >= 0.3 is 6.18 Å². The van der Waals surface area contributed by atoms with Crippen LogP contribution < -0.4 is 4.74 Å². The monoisotopic (exact) mass is 440 g/mol. The summed E-state index contributed by atoms with van der Waals surface area (Å²) in [6, 6.07) is 4.55. The van der Waals surface area contributed by atoms with Crippen molar-refractivity contribution in [2.24, 2.45) is 11.8 Å². The van der Waals surface area contributed by atoms with Crippen molar-refractivity contribution in [1.29, 1.82) is 0 Å². The minimum absolute atomic E-state index is 0.0475. The van der Waals surface area contributed by atoms with Gasteiger partial charge in [0, 0.05) is 6.42 Å². The lowest BCUT2D eigenvalue weighted by atomic mass is 9.90. The van der Waals surface area contributed by atoms with Crippen LogP contribution >= 0.6 is 0 Å². The summed E-state index contributed by atoms with van der Waals surface area (Å²) in [6.45, 7) is 1.42. The second kappa shape index (κ2) is 12.1. The lowest BCUT2D eigenvalue weighted by Gasteiger charge is -2.18. The number of hydrogen-bond donors (Lipinski definition) is 2. The summed E-state index contributed by atoms with van der Waals surface area (Å²) >= 11 is 0. The fourth-order valence-corrected chi connectivity index (χ4v) is 3.76. The summed E-state index contributed by atoms with van der Waals surface area (Å²) in [5.41, 5.74) is -0.799. The van der Waals surface area contributed by atoms with Crippen LogP contribution in [0.15, 0.2) is 48.6 Å². The summed E-state index contributed by atoms with van der Waals surface area (Å²) in [5.74, 6) is 0.392. The predicted molar refractivity (Wildman–Crippen MR) is 113 cm³/mol. The number of allylic oxidation sites excluding steroid dienone is 3. The molecule has 172 valence electrons. The zero-order valence-corrected chi connectivity index (χ0v) is 17.7. The van der Waals surface area contributed by atoms with Gasteiger partial charge in [-0.1, -0.05) is 30.4 Å². The van der Waals surface area contributed by atoms with Gasteiger partial charge in [-0.15, -0.1) is 0 Å². The molecule has 1 aliphatic rings. The molecule has 0 heterocycles. The molecule has 0 saturated heterocycles. The first-order valence-electron chi connectivity index (χ1n) is 10.7. The Morgan fingerprint density at radius 1 is 1.29 bits per heavy atom. The van der Waals surface area contributed by atoms with E-state index < -0.39 is 23.9 Å². The van der Waals surface area contributed by atoms with Crippen molar-refractivity contribution in [3.63, 3.8) is 0 Å². The number of ketones is 1. The molecule has 0 radical (unpaired) electrons. The normalized spacial score (nSPS) is 23.0.